The Hall–Kier alpha value is -3.27. The van der Waals surface area contributed by atoms with E-state index >= 15 is 0 Å². The van der Waals surface area contributed by atoms with Crippen molar-refractivity contribution in [3.05, 3.63) is 94.2 Å². The SMILES string of the molecule is C/C=C(\C(C(=O)O)=C(/CCCC)NC)C1CCc2ccccc2C1.C=Cc1ccc(NCC2CCCCC2)c(C2CC2)c1. The molecule has 2 aromatic carbocycles. The molecule has 0 saturated heterocycles. The number of carbonyl (C=O) groups is 1. The largest absolute Gasteiger partial charge is 0.478 e. The van der Waals surface area contributed by atoms with Crippen LogP contribution in [0, 0.1) is 11.8 Å². The Morgan fingerprint density at radius 1 is 1.02 bits per heavy atom. The van der Waals surface area contributed by atoms with Crippen molar-refractivity contribution in [3.8, 4) is 0 Å². The van der Waals surface area contributed by atoms with Gasteiger partial charge in [0.1, 0.15) is 0 Å². The van der Waals surface area contributed by atoms with Gasteiger partial charge in [0.2, 0.25) is 0 Å². The van der Waals surface area contributed by atoms with E-state index in [1.807, 2.05) is 26.1 Å². The number of benzene rings is 2. The van der Waals surface area contributed by atoms with E-state index in [0.29, 0.717) is 5.57 Å². The monoisotopic (exact) mass is 582 g/mol. The molecule has 0 aliphatic heterocycles. The third-order valence-corrected chi connectivity index (χ3v) is 9.62. The van der Waals surface area contributed by atoms with Crippen LogP contribution < -0.4 is 10.6 Å². The normalized spacial score (nSPS) is 19.3. The minimum atomic E-state index is -0.817. The third-order valence-electron chi connectivity index (χ3n) is 9.62. The molecule has 3 aliphatic rings. The summed E-state index contributed by atoms with van der Waals surface area (Å²) in [7, 11) is 1.83. The summed E-state index contributed by atoms with van der Waals surface area (Å²) < 4.78 is 0. The third kappa shape index (κ3) is 9.11. The second-order valence-corrected chi connectivity index (χ2v) is 12.7. The second-order valence-electron chi connectivity index (χ2n) is 12.7. The van der Waals surface area contributed by atoms with Crippen molar-refractivity contribution in [2.75, 3.05) is 18.9 Å². The van der Waals surface area contributed by atoms with Crippen molar-refractivity contribution in [1.82, 2.24) is 5.32 Å². The van der Waals surface area contributed by atoms with Crippen molar-refractivity contribution in [2.45, 2.75) is 103 Å². The molecular weight excluding hydrogens is 528 g/mol. The molecule has 2 saturated carbocycles. The Bertz CT molecular complexity index is 1280. The molecule has 2 fully saturated rings. The molecule has 5 rings (SSSR count). The summed E-state index contributed by atoms with van der Waals surface area (Å²) in [5.74, 6) is 1.15. The number of carboxylic acid groups (broad SMARTS) is 1. The molecule has 0 radical (unpaired) electrons. The minimum absolute atomic E-state index is 0.279. The van der Waals surface area contributed by atoms with Crippen molar-refractivity contribution in [1.29, 1.82) is 0 Å². The van der Waals surface area contributed by atoms with Crippen LogP contribution in [0.5, 0.6) is 0 Å². The molecule has 3 N–H and O–H groups in total. The Kier molecular flexibility index (Phi) is 12.6. The standard InChI is InChI=1S/C21H29NO2.C18H25N/c1-4-6-11-19(22-3)20(21(23)24)18(5-2)17-13-12-15-9-7-8-10-16(15)14-17;1-2-14-8-11-18(17(12-14)16-9-10-16)19-13-15-6-4-3-5-7-15/h5,7-10,17,22H,4,6,11-14H2,1-3H3,(H,23,24);2,8,11-12,15-16,19H,1,3-7,9-10,13H2/b18-5-,20-19-;. The maximum atomic E-state index is 12.0. The van der Waals surface area contributed by atoms with E-state index in [1.165, 1.54) is 72.9 Å². The fourth-order valence-electron chi connectivity index (χ4n) is 6.95. The molecule has 0 heterocycles. The zero-order valence-electron chi connectivity index (χ0n) is 26.9. The number of carboxylic acids is 1. The number of hydrogen-bond acceptors (Lipinski definition) is 3. The number of rotatable bonds is 12. The molecule has 0 bridgehead atoms. The lowest BCUT2D eigenvalue weighted by Gasteiger charge is -2.28. The molecule has 0 spiro atoms. The van der Waals surface area contributed by atoms with Gasteiger partial charge in [-0.25, -0.2) is 4.79 Å². The Labute approximate surface area is 260 Å². The molecule has 4 heteroatoms. The van der Waals surface area contributed by atoms with Gasteiger partial charge in [-0.3, -0.25) is 0 Å². The van der Waals surface area contributed by atoms with Gasteiger partial charge in [-0.1, -0.05) is 81.7 Å². The quantitative estimate of drug-likeness (QED) is 0.172. The Balaban J connectivity index is 0.000000202. The van der Waals surface area contributed by atoms with Crippen molar-refractivity contribution in [3.63, 3.8) is 0 Å². The lowest BCUT2D eigenvalue weighted by atomic mass is 9.77. The van der Waals surface area contributed by atoms with Crippen LogP contribution in [0.3, 0.4) is 0 Å². The van der Waals surface area contributed by atoms with E-state index in [1.54, 1.807) is 0 Å². The van der Waals surface area contributed by atoms with Crippen LogP contribution in [0.15, 0.2) is 72.0 Å². The topological polar surface area (TPSA) is 61.4 Å². The van der Waals surface area contributed by atoms with Crippen LogP contribution in [0.25, 0.3) is 6.08 Å². The van der Waals surface area contributed by atoms with Crippen molar-refractivity contribution < 1.29 is 9.90 Å². The number of unbranched alkanes of at least 4 members (excludes halogenated alkanes) is 1. The molecule has 2 aromatic rings. The highest BCUT2D eigenvalue weighted by atomic mass is 16.4. The minimum Gasteiger partial charge on any atom is -0.478 e. The number of fused-ring (bicyclic) bond motifs is 1. The molecule has 1 unspecified atom stereocenters. The van der Waals surface area contributed by atoms with Gasteiger partial charge >= 0.3 is 5.97 Å². The summed E-state index contributed by atoms with van der Waals surface area (Å²) in [5, 5.41) is 16.7. The fraction of sp³-hybridized carbons (Fsp3) is 0.513. The maximum Gasteiger partial charge on any atom is 0.337 e. The number of aliphatic carboxylic acids is 1. The summed E-state index contributed by atoms with van der Waals surface area (Å²) in [6.45, 7) is 9.13. The van der Waals surface area contributed by atoms with Gasteiger partial charge in [-0.2, -0.15) is 0 Å². The first kappa shape index (κ1) is 32.6. The summed E-state index contributed by atoms with van der Waals surface area (Å²) >= 11 is 0. The highest BCUT2D eigenvalue weighted by molar-refractivity contribution is 5.92. The number of hydrogen-bond donors (Lipinski definition) is 3. The van der Waals surface area contributed by atoms with Gasteiger partial charge in [0.15, 0.2) is 0 Å². The van der Waals surface area contributed by atoms with Gasteiger partial charge in [-0.15, -0.1) is 0 Å². The lowest BCUT2D eigenvalue weighted by molar-refractivity contribution is -0.132. The van der Waals surface area contributed by atoms with Crippen LogP contribution in [-0.4, -0.2) is 24.7 Å². The summed E-state index contributed by atoms with van der Waals surface area (Å²) in [6.07, 6.45) is 19.6. The van der Waals surface area contributed by atoms with Crippen LogP contribution in [-0.2, 0) is 17.6 Å². The zero-order valence-corrected chi connectivity index (χ0v) is 26.9. The highest BCUT2D eigenvalue weighted by Gasteiger charge is 2.28. The van der Waals surface area contributed by atoms with Gasteiger partial charge in [-0.05, 0) is 122 Å². The smallest absolute Gasteiger partial charge is 0.337 e. The molecule has 0 aromatic heterocycles. The second kappa shape index (κ2) is 16.5. The van der Waals surface area contributed by atoms with Crippen molar-refractivity contribution >= 4 is 17.7 Å². The van der Waals surface area contributed by atoms with Gasteiger partial charge in [0.05, 0.1) is 5.57 Å². The Morgan fingerprint density at radius 2 is 1.77 bits per heavy atom. The number of allylic oxidation sites excluding steroid dienone is 2. The summed E-state index contributed by atoms with van der Waals surface area (Å²) in [6, 6.07) is 15.3. The molecule has 3 aliphatic carbocycles. The molecule has 43 heavy (non-hydrogen) atoms. The van der Waals surface area contributed by atoms with E-state index < -0.39 is 5.97 Å². The van der Waals surface area contributed by atoms with Crippen LogP contribution in [0.4, 0.5) is 5.69 Å². The number of anilines is 1. The van der Waals surface area contributed by atoms with Crippen LogP contribution >= 0.6 is 0 Å². The molecule has 4 nitrogen and oxygen atoms in total. The van der Waals surface area contributed by atoms with E-state index in [2.05, 4.69) is 66.6 Å². The Morgan fingerprint density at radius 3 is 2.40 bits per heavy atom. The number of nitrogens with one attached hydrogen (secondary N) is 2. The molecule has 0 amide bonds. The predicted octanol–water partition coefficient (Wildman–Crippen LogP) is 9.69. The molecule has 1 atom stereocenters. The zero-order chi connectivity index (χ0) is 30.6. The number of aryl methyl sites for hydroxylation is 1. The molecular formula is C39H54N2O2. The van der Waals surface area contributed by atoms with E-state index in [4.69, 9.17) is 0 Å². The first-order valence-corrected chi connectivity index (χ1v) is 16.9. The lowest BCUT2D eigenvalue weighted by Crippen LogP contribution is -2.23. The average molecular weight is 583 g/mol. The highest BCUT2D eigenvalue weighted by Crippen LogP contribution is 2.44. The summed E-state index contributed by atoms with van der Waals surface area (Å²) in [5.41, 5.74) is 9.24. The van der Waals surface area contributed by atoms with Gasteiger partial charge < -0.3 is 15.7 Å². The van der Waals surface area contributed by atoms with E-state index in [0.717, 1.165) is 68.2 Å². The van der Waals surface area contributed by atoms with Gasteiger partial charge in [0, 0.05) is 25.0 Å². The maximum absolute atomic E-state index is 12.0. The molecule has 232 valence electrons. The van der Waals surface area contributed by atoms with Crippen LogP contribution in [0.1, 0.15) is 113 Å². The predicted molar refractivity (Wildman–Crippen MR) is 183 cm³/mol. The first-order chi connectivity index (χ1) is 21.0. The van der Waals surface area contributed by atoms with E-state index in [9.17, 15) is 9.90 Å². The van der Waals surface area contributed by atoms with Gasteiger partial charge in [0.25, 0.3) is 0 Å². The van der Waals surface area contributed by atoms with Crippen LogP contribution in [0.2, 0.25) is 0 Å². The van der Waals surface area contributed by atoms with Crippen molar-refractivity contribution in [2.24, 2.45) is 11.8 Å². The van der Waals surface area contributed by atoms with E-state index in [-0.39, 0.29) is 5.92 Å². The summed E-state index contributed by atoms with van der Waals surface area (Å²) in [4.78, 5) is 12.0. The average Bonchev–Trinajstić information content (AvgIpc) is 3.90. The fourth-order valence-corrected chi connectivity index (χ4v) is 6.95. The first-order valence-electron chi connectivity index (χ1n) is 16.9.